The molecule has 52 heavy (non-hydrogen) atoms. The summed E-state index contributed by atoms with van der Waals surface area (Å²) in [4.78, 5) is 13.0. The molecule has 2 heterocycles. The number of fused-ring (bicyclic) bond motifs is 1. The number of hydrogen-bond acceptors (Lipinski definition) is 8. The van der Waals surface area contributed by atoms with Crippen LogP contribution in [0.25, 0.3) is 0 Å². The van der Waals surface area contributed by atoms with Crippen LogP contribution >= 0.6 is 0 Å². The number of carbonyl (C=O) groups is 1. The van der Waals surface area contributed by atoms with Gasteiger partial charge in [0.15, 0.2) is 17.8 Å². The van der Waals surface area contributed by atoms with Crippen molar-refractivity contribution in [2.75, 3.05) is 20.3 Å². The Labute approximate surface area is 305 Å². The van der Waals surface area contributed by atoms with E-state index >= 15 is 0 Å². The number of methoxy groups -OCH3 is 1. The van der Waals surface area contributed by atoms with Gasteiger partial charge in [-0.3, -0.25) is 0 Å². The predicted octanol–water partition coefficient (Wildman–Crippen LogP) is 7.51. The fourth-order valence-corrected chi connectivity index (χ4v) is 6.90. The van der Waals surface area contributed by atoms with E-state index < -0.39 is 30.2 Å². The molecule has 1 fully saturated rings. The highest BCUT2D eigenvalue weighted by Gasteiger charge is 2.58. The van der Waals surface area contributed by atoms with E-state index in [1.807, 2.05) is 109 Å². The van der Waals surface area contributed by atoms with Crippen molar-refractivity contribution in [3.63, 3.8) is 0 Å². The fraction of sp³-hybridized carbons (Fsp3) is 0.295. The molecule has 0 radical (unpaired) electrons. The first kappa shape index (κ1) is 35.6. The molecule has 8 heteroatoms. The number of carbonyl (C=O) groups excluding carboxylic acids is 1. The van der Waals surface area contributed by atoms with Crippen LogP contribution in [0.2, 0.25) is 0 Å². The van der Waals surface area contributed by atoms with Gasteiger partial charge in [-0.05, 0) is 64.9 Å². The van der Waals surface area contributed by atoms with Crippen molar-refractivity contribution in [2.24, 2.45) is 0 Å². The van der Waals surface area contributed by atoms with Gasteiger partial charge in [0.25, 0.3) is 0 Å². The number of benzene rings is 5. The smallest absolute Gasteiger partial charge is 0.225 e. The highest BCUT2D eigenvalue weighted by atomic mass is 16.7. The van der Waals surface area contributed by atoms with Gasteiger partial charge in [-0.2, -0.15) is 0 Å². The monoisotopic (exact) mass is 700 g/mol. The zero-order valence-electron chi connectivity index (χ0n) is 29.5. The maximum absolute atomic E-state index is 13.0. The molecule has 0 aliphatic carbocycles. The minimum atomic E-state index is -1.54. The second-order valence-corrected chi connectivity index (χ2v) is 13.1. The Bertz CT molecular complexity index is 1900. The van der Waals surface area contributed by atoms with Crippen LogP contribution in [0, 0.1) is 6.92 Å². The Kier molecular flexibility index (Phi) is 11.4. The largest absolute Gasteiger partial charge is 0.486 e. The first-order valence-corrected chi connectivity index (χ1v) is 17.7. The van der Waals surface area contributed by atoms with Crippen molar-refractivity contribution in [3.8, 4) is 11.5 Å². The number of aldehydes is 1. The van der Waals surface area contributed by atoms with Crippen molar-refractivity contribution >= 4 is 6.29 Å². The lowest BCUT2D eigenvalue weighted by Crippen LogP contribution is -2.65. The van der Waals surface area contributed by atoms with Crippen LogP contribution in [0.1, 0.15) is 38.9 Å². The van der Waals surface area contributed by atoms with Crippen LogP contribution in [0.4, 0.5) is 0 Å². The fourth-order valence-electron chi connectivity index (χ4n) is 6.90. The summed E-state index contributed by atoms with van der Waals surface area (Å²) in [6, 6.07) is 41.8. The van der Waals surface area contributed by atoms with E-state index in [9.17, 15) is 4.79 Å². The minimum Gasteiger partial charge on any atom is -0.486 e. The Morgan fingerprint density at radius 3 is 1.83 bits per heavy atom. The average Bonchev–Trinajstić information content (AvgIpc) is 3.20. The third kappa shape index (κ3) is 7.97. The summed E-state index contributed by atoms with van der Waals surface area (Å²) in [5, 5.41) is 0. The van der Waals surface area contributed by atoms with Crippen molar-refractivity contribution in [2.45, 2.75) is 63.4 Å². The Morgan fingerprint density at radius 2 is 1.23 bits per heavy atom. The number of aryl methyl sites for hydroxylation is 1. The molecular formula is C44H44O8. The summed E-state index contributed by atoms with van der Waals surface area (Å²) >= 11 is 0. The van der Waals surface area contributed by atoms with E-state index in [0.29, 0.717) is 25.2 Å². The molecule has 5 aromatic carbocycles. The van der Waals surface area contributed by atoms with E-state index in [4.69, 9.17) is 33.2 Å². The van der Waals surface area contributed by atoms with Gasteiger partial charge in [0, 0.05) is 12.7 Å². The van der Waals surface area contributed by atoms with Gasteiger partial charge in [0.1, 0.15) is 37.6 Å². The molecule has 0 spiro atoms. The number of hydrogen-bond donors (Lipinski definition) is 0. The van der Waals surface area contributed by atoms with E-state index in [2.05, 4.69) is 25.1 Å². The molecule has 268 valence electrons. The summed E-state index contributed by atoms with van der Waals surface area (Å²) < 4.78 is 45.1. The Morgan fingerprint density at radius 1 is 0.654 bits per heavy atom. The predicted molar refractivity (Wildman–Crippen MR) is 196 cm³/mol. The van der Waals surface area contributed by atoms with Gasteiger partial charge in [-0.15, -0.1) is 0 Å². The molecule has 0 N–H and O–H groups in total. The highest BCUT2D eigenvalue weighted by Crippen LogP contribution is 2.44. The van der Waals surface area contributed by atoms with Gasteiger partial charge < -0.3 is 38.0 Å². The average molecular weight is 701 g/mol. The maximum atomic E-state index is 13.0. The zero-order valence-corrected chi connectivity index (χ0v) is 29.5. The van der Waals surface area contributed by atoms with Gasteiger partial charge in [-0.25, -0.2) is 0 Å². The first-order valence-electron chi connectivity index (χ1n) is 17.7. The summed E-state index contributed by atoms with van der Waals surface area (Å²) in [6.45, 7) is 3.89. The molecule has 0 saturated carbocycles. The lowest BCUT2D eigenvalue weighted by Gasteiger charge is -2.51. The Balaban J connectivity index is 1.28. The van der Waals surface area contributed by atoms with Gasteiger partial charge in [0.05, 0.1) is 19.8 Å². The molecular weight excluding hydrogens is 656 g/mol. The topological polar surface area (TPSA) is 81.7 Å². The third-order valence-corrected chi connectivity index (χ3v) is 9.66. The van der Waals surface area contributed by atoms with Gasteiger partial charge in [-0.1, -0.05) is 109 Å². The van der Waals surface area contributed by atoms with Crippen LogP contribution in [0.3, 0.4) is 0 Å². The molecule has 0 amide bonds. The molecule has 8 nitrogen and oxygen atoms in total. The van der Waals surface area contributed by atoms with E-state index in [1.54, 1.807) is 7.11 Å². The third-order valence-electron chi connectivity index (χ3n) is 9.66. The zero-order chi connectivity index (χ0) is 35.8. The summed E-state index contributed by atoms with van der Waals surface area (Å²) in [7, 11) is 1.58. The van der Waals surface area contributed by atoms with Crippen LogP contribution in [-0.4, -0.2) is 51.0 Å². The molecule has 0 aromatic heterocycles. The Hall–Kier alpha value is -4.83. The molecule has 2 aliphatic heterocycles. The van der Waals surface area contributed by atoms with Gasteiger partial charge in [0.2, 0.25) is 5.79 Å². The van der Waals surface area contributed by atoms with Crippen molar-refractivity contribution in [1.29, 1.82) is 0 Å². The van der Waals surface area contributed by atoms with E-state index in [1.165, 1.54) is 0 Å². The first-order chi connectivity index (χ1) is 25.6. The van der Waals surface area contributed by atoms with Crippen molar-refractivity contribution in [1.82, 2.24) is 0 Å². The highest BCUT2D eigenvalue weighted by molar-refractivity contribution is 5.58. The molecule has 7 rings (SSSR count). The van der Waals surface area contributed by atoms with Gasteiger partial charge >= 0.3 is 0 Å². The molecule has 5 aromatic rings. The minimum absolute atomic E-state index is 0.248. The normalized spacial score (nSPS) is 22.5. The molecule has 1 saturated heterocycles. The van der Waals surface area contributed by atoms with Crippen LogP contribution in [-0.2, 0) is 60.5 Å². The quantitative estimate of drug-likeness (QED) is 0.110. The van der Waals surface area contributed by atoms with Crippen molar-refractivity contribution in [3.05, 3.63) is 166 Å². The van der Waals surface area contributed by atoms with Crippen LogP contribution < -0.4 is 9.47 Å². The number of rotatable bonds is 14. The number of ether oxygens (including phenoxy) is 7. The lowest BCUT2D eigenvalue weighted by molar-refractivity contribution is -0.373. The standard InChI is InChI=1S/C44H44O8/c1-31-18-20-37(26-36(31)24-35-19-21-38-39(25-35)48-23-22-47-38)44(46-2)43(51-30-34-16-10-5-11-17-34)42(50-29-33-14-8-4-9-15-33)41(40(27-45)52-44)49-28-32-12-6-3-7-13-32/h3-21,25-27,40-43H,22-24,28-30H2,1-2H3. The lowest BCUT2D eigenvalue weighted by atomic mass is 9.85. The SMILES string of the molecule is COC1(c2ccc(C)c(Cc3ccc4c(c3)OCCO4)c2)OC(C=O)C(OCc2ccccc2)C(OCc2ccccc2)C1OCc1ccccc1. The van der Waals surface area contributed by atoms with Crippen molar-refractivity contribution < 1.29 is 38.0 Å². The second-order valence-electron chi connectivity index (χ2n) is 13.1. The maximum Gasteiger partial charge on any atom is 0.225 e. The molecule has 5 unspecified atom stereocenters. The van der Waals surface area contributed by atoms with E-state index in [-0.39, 0.29) is 19.8 Å². The summed E-state index contributed by atoms with van der Waals surface area (Å²) in [5.74, 6) is -0.0492. The van der Waals surface area contributed by atoms with Crippen LogP contribution in [0.5, 0.6) is 11.5 Å². The molecule has 0 bridgehead atoms. The molecule has 2 aliphatic rings. The second kappa shape index (κ2) is 16.7. The summed E-state index contributed by atoms with van der Waals surface area (Å²) in [5.41, 5.74) is 6.83. The summed E-state index contributed by atoms with van der Waals surface area (Å²) in [6.07, 6.45) is -2.08. The van der Waals surface area contributed by atoms with E-state index in [0.717, 1.165) is 51.2 Å². The molecule has 5 atom stereocenters. The van der Waals surface area contributed by atoms with Crippen LogP contribution in [0.15, 0.2) is 127 Å².